The first kappa shape index (κ1) is 14.6. The molecule has 0 aromatic heterocycles. The van der Waals surface area contributed by atoms with Crippen LogP contribution in [0.15, 0.2) is 22.7 Å². The molecule has 2 aliphatic rings. The van der Waals surface area contributed by atoms with E-state index in [1.807, 2.05) is 18.2 Å². The van der Waals surface area contributed by atoms with Gasteiger partial charge in [-0.2, -0.15) is 0 Å². The zero-order valence-electron chi connectivity index (χ0n) is 11.2. The van der Waals surface area contributed by atoms with Gasteiger partial charge in [-0.25, -0.2) is 0 Å². The Balaban J connectivity index is 1.71. The largest absolute Gasteiger partial charge is 0.490 e. The average Bonchev–Trinajstić information content (AvgIpc) is 2.89. The highest BCUT2D eigenvalue weighted by atomic mass is 79.9. The predicted molar refractivity (Wildman–Crippen MR) is 81.5 cm³/mol. The lowest BCUT2D eigenvalue weighted by Gasteiger charge is -2.37. The van der Waals surface area contributed by atoms with Crippen LogP contribution in [0.2, 0.25) is 0 Å². The molecule has 2 heterocycles. The van der Waals surface area contributed by atoms with Crippen LogP contribution >= 0.6 is 27.5 Å². The number of rotatable bonds is 3. The van der Waals surface area contributed by atoms with E-state index in [2.05, 4.69) is 15.9 Å². The Hall–Kier alpha value is -0.290. The Morgan fingerprint density at radius 3 is 3.05 bits per heavy atom. The third-order valence-corrected chi connectivity index (χ3v) is 4.76. The third-order valence-electron chi connectivity index (χ3n) is 3.98. The van der Waals surface area contributed by atoms with E-state index in [4.69, 9.17) is 25.8 Å². The Bertz CT molecular complexity index is 474. The normalized spacial score (nSPS) is 29.8. The fraction of sp³-hybridized carbons (Fsp3) is 0.600. The van der Waals surface area contributed by atoms with E-state index in [0.717, 1.165) is 48.3 Å². The molecule has 0 bridgehead atoms. The van der Waals surface area contributed by atoms with Crippen molar-refractivity contribution < 1.29 is 14.2 Å². The minimum absolute atomic E-state index is 0.126. The Labute approximate surface area is 132 Å². The molecule has 1 aromatic rings. The van der Waals surface area contributed by atoms with Gasteiger partial charge in [0.1, 0.15) is 11.9 Å². The van der Waals surface area contributed by atoms with E-state index in [0.29, 0.717) is 12.5 Å². The van der Waals surface area contributed by atoms with E-state index >= 15 is 0 Å². The first-order valence-electron chi connectivity index (χ1n) is 6.93. The molecule has 1 aromatic carbocycles. The topological polar surface area (TPSA) is 27.7 Å². The average molecular weight is 362 g/mol. The van der Waals surface area contributed by atoms with Crippen molar-refractivity contribution in [1.29, 1.82) is 0 Å². The maximum atomic E-state index is 6.18. The minimum Gasteiger partial charge on any atom is -0.490 e. The molecule has 20 heavy (non-hydrogen) atoms. The molecule has 2 aliphatic heterocycles. The molecule has 110 valence electrons. The lowest BCUT2D eigenvalue weighted by molar-refractivity contribution is -0.112. The van der Waals surface area contributed by atoms with Crippen molar-refractivity contribution in [2.24, 2.45) is 0 Å². The third kappa shape index (κ3) is 3.14. The molecule has 1 spiro atoms. The summed E-state index contributed by atoms with van der Waals surface area (Å²) >= 11 is 9.46. The first-order valence-corrected chi connectivity index (χ1v) is 8.26. The fourth-order valence-electron chi connectivity index (χ4n) is 2.89. The van der Waals surface area contributed by atoms with Gasteiger partial charge in [-0.3, -0.25) is 0 Å². The summed E-state index contributed by atoms with van der Waals surface area (Å²) in [4.78, 5) is 0. The van der Waals surface area contributed by atoms with Crippen LogP contribution in [-0.4, -0.2) is 31.5 Å². The highest BCUT2D eigenvalue weighted by molar-refractivity contribution is 9.10. The lowest BCUT2D eigenvalue weighted by atomic mass is 9.91. The van der Waals surface area contributed by atoms with E-state index in [1.165, 1.54) is 0 Å². The van der Waals surface area contributed by atoms with Crippen molar-refractivity contribution in [1.82, 2.24) is 0 Å². The van der Waals surface area contributed by atoms with Gasteiger partial charge >= 0.3 is 0 Å². The quantitative estimate of drug-likeness (QED) is 0.764. The van der Waals surface area contributed by atoms with Gasteiger partial charge in [0.2, 0.25) is 0 Å². The van der Waals surface area contributed by atoms with Crippen LogP contribution in [0.25, 0.3) is 0 Å². The van der Waals surface area contributed by atoms with E-state index < -0.39 is 0 Å². The zero-order valence-corrected chi connectivity index (χ0v) is 13.6. The number of ether oxygens (including phenoxy) is 3. The van der Waals surface area contributed by atoms with Gasteiger partial charge in [0, 0.05) is 35.9 Å². The van der Waals surface area contributed by atoms with Crippen LogP contribution in [0.3, 0.4) is 0 Å². The molecule has 0 amide bonds. The fourth-order valence-corrected chi connectivity index (χ4v) is 3.51. The van der Waals surface area contributed by atoms with Crippen LogP contribution in [-0.2, 0) is 15.4 Å². The van der Waals surface area contributed by atoms with Gasteiger partial charge < -0.3 is 14.2 Å². The van der Waals surface area contributed by atoms with E-state index in [9.17, 15) is 0 Å². The Kier molecular flexibility index (Phi) is 4.55. The molecule has 0 aliphatic carbocycles. The van der Waals surface area contributed by atoms with Crippen molar-refractivity contribution in [3.8, 4) is 5.75 Å². The summed E-state index contributed by atoms with van der Waals surface area (Å²) in [5.41, 5.74) is 0.892. The van der Waals surface area contributed by atoms with Gasteiger partial charge in [0.15, 0.2) is 0 Å². The summed E-state index contributed by atoms with van der Waals surface area (Å²) < 4.78 is 18.6. The number of hydrogen-bond acceptors (Lipinski definition) is 3. The number of alkyl halides is 1. The SMILES string of the molecule is ClCc1cc(Br)ccc1OC1CCOC2(CCOC2)C1. The maximum Gasteiger partial charge on any atom is 0.124 e. The van der Waals surface area contributed by atoms with Crippen molar-refractivity contribution in [2.45, 2.75) is 36.8 Å². The van der Waals surface area contributed by atoms with Gasteiger partial charge in [-0.05, 0) is 18.2 Å². The van der Waals surface area contributed by atoms with Gasteiger partial charge in [0.25, 0.3) is 0 Å². The Morgan fingerprint density at radius 2 is 2.30 bits per heavy atom. The summed E-state index contributed by atoms with van der Waals surface area (Å²) in [6.45, 7) is 2.22. The second kappa shape index (κ2) is 6.22. The van der Waals surface area contributed by atoms with Gasteiger partial charge in [0.05, 0.1) is 24.7 Å². The molecule has 3 nitrogen and oxygen atoms in total. The molecule has 0 N–H and O–H groups in total. The molecule has 2 atom stereocenters. The van der Waals surface area contributed by atoms with Crippen LogP contribution < -0.4 is 4.74 Å². The van der Waals surface area contributed by atoms with Gasteiger partial charge in [-0.15, -0.1) is 11.6 Å². The maximum absolute atomic E-state index is 6.18. The summed E-state index contributed by atoms with van der Waals surface area (Å²) in [6.07, 6.45) is 2.95. The second-order valence-corrected chi connectivity index (χ2v) is 6.64. The highest BCUT2D eigenvalue weighted by Gasteiger charge is 2.41. The predicted octanol–water partition coefficient (Wildman–Crippen LogP) is 3.90. The van der Waals surface area contributed by atoms with Crippen molar-refractivity contribution >= 4 is 27.5 Å². The minimum atomic E-state index is -0.126. The van der Waals surface area contributed by atoms with Crippen molar-refractivity contribution in [3.63, 3.8) is 0 Å². The number of hydrogen-bond donors (Lipinski definition) is 0. The molecule has 2 fully saturated rings. The smallest absolute Gasteiger partial charge is 0.124 e. The van der Waals surface area contributed by atoms with E-state index in [1.54, 1.807) is 0 Å². The highest BCUT2D eigenvalue weighted by Crippen LogP contribution is 2.35. The monoisotopic (exact) mass is 360 g/mol. The zero-order chi connectivity index (χ0) is 14.0. The van der Waals surface area contributed by atoms with Crippen LogP contribution in [0.1, 0.15) is 24.8 Å². The lowest BCUT2D eigenvalue weighted by Crippen LogP contribution is -2.44. The molecule has 5 heteroatoms. The van der Waals surface area contributed by atoms with Crippen LogP contribution in [0.4, 0.5) is 0 Å². The van der Waals surface area contributed by atoms with Gasteiger partial charge in [-0.1, -0.05) is 15.9 Å². The number of benzene rings is 1. The molecule has 0 saturated carbocycles. The summed E-state index contributed by atoms with van der Waals surface area (Å²) in [7, 11) is 0. The standard InChI is InChI=1S/C15H18BrClO3/c16-12-1-2-14(11(7-12)9-17)20-13-3-5-19-15(8-13)4-6-18-10-15/h1-2,7,13H,3-6,8-10H2. The molecular weight excluding hydrogens is 344 g/mol. The van der Waals surface area contributed by atoms with Crippen molar-refractivity contribution in [2.75, 3.05) is 19.8 Å². The van der Waals surface area contributed by atoms with Crippen LogP contribution in [0, 0.1) is 0 Å². The molecule has 2 unspecified atom stereocenters. The molecule has 2 saturated heterocycles. The van der Waals surface area contributed by atoms with Crippen molar-refractivity contribution in [3.05, 3.63) is 28.2 Å². The first-order chi connectivity index (χ1) is 9.71. The summed E-state index contributed by atoms with van der Waals surface area (Å²) in [6, 6.07) is 5.98. The molecular formula is C15H18BrClO3. The van der Waals surface area contributed by atoms with Crippen LogP contribution in [0.5, 0.6) is 5.75 Å². The molecule has 3 rings (SSSR count). The number of halogens is 2. The second-order valence-electron chi connectivity index (χ2n) is 5.45. The Morgan fingerprint density at radius 1 is 1.40 bits per heavy atom. The summed E-state index contributed by atoms with van der Waals surface area (Å²) in [5.74, 6) is 1.33. The molecule has 0 radical (unpaired) electrons. The van der Waals surface area contributed by atoms with E-state index in [-0.39, 0.29) is 11.7 Å². The summed E-state index contributed by atoms with van der Waals surface area (Å²) in [5, 5.41) is 0.